The van der Waals surface area contributed by atoms with Gasteiger partial charge in [-0.2, -0.15) is 18.2 Å². The van der Waals surface area contributed by atoms with Crippen LogP contribution in [0.5, 0.6) is 0 Å². The molecule has 1 unspecified atom stereocenters. The number of hydrogen-bond acceptors (Lipinski definition) is 5. The molecule has 0 saturated carbocycles. The summed E-state index contributed by atoms with van der Waals surface area (Å²) < 4.78 is 44.1. The maximum absolute atomic E-state index is 12.9. The molecular formula is C13H19F3N4O. The van der Waals surface area contributed by atoms with Gasteiger partial charge >= 0.3 is 6.18 Å². The van der Waals surface area contributed by atoms with Crippen LogP contribution in [0.1, 0.15) is 32.4 Å². The summed E-state index contributed by atoms with van der Waals surface area (Å²) in [5.74, 6) is 0.122. The number of ether oxygens (including phenoxy) is 1. The van der Waals surface area contributed by atoms with Crippen LogP contribution in [0.3, 0.4) is 0 Å². The van der Waals surface area contributed by atoms with Crippen LogP contribution in [0, 0.1) is 0 Å². The molecule has 8 heteroatoms. The molecular weight excluding hydrogens is 285 g/mol. The Kier molecular flexibility index (Phi) is 4.55. The maximum atomic E-state index is 12.9. The highest BCUT2D eigenvalue weighted by Gasteiger charge is 2.35. The molecule has 0 radical (unpaired) electrons. The zero-order chi connectivity index (χ0) is 15.5. The fourth-order valence-electron chi connectivity index (χ4n) is 2.24. The van der Waals surface area contributed by atoms with Gasteiger partial charge in [0.15, 0.2) is 5.69 Å². The largest absolute Gasteiger partial charge is 0.433 e. The Bertz CT molecular complexity index is 487. The number of aromatic nitrogens is 2. The molecule has 0 aromatic carbocycles. The average molecular weight is 304 g/mol. The van der Waals surface area contributed by atoms with Crippen molar-refractivity contribution < 1.29 is 17.9 Å². The fraction of sp³-hybridized carbons (Fsp3) is 0.692. The summed E-state index contributed by atoms with van der Waals surface area (Å²) in [5.41, 5.74) is -1.38. The lowest BCUT2D eigenvalue weighted by atomic mass is 9.95. The minimum absolute atomic E-state index is 0.0323. The molecule has 2 rings (SSSR count). The Morgan fingerprint density at radius 1 is 1.38 bits per heavy atom. The van der Waals surface area contributed by atoms with Crippen molar-refractivity contribution in [2.75, 3.05) is 30.4 Å². The van der Waals surface area contributed by atoms with Gasteiger partial charge in [0.2, 0.25) is 5.95 Å². The minimum atomic E-state index is -4.51. The Morgan fingerprint density at radius 2 is 2.14 bits per heavy atom. The van der Waals surface area contributed by atoms with Gasteiger partial charge in [0.25, 0.3) is 0 Å². The zero-order valence-corrected chi connectivity index (χ0v) is 12.0. The first-order valence-electron chi connectivity index (χ1n) is 6.88. The number of hydrogen-bond donors (Lipinski definition) is 2. The van der Waals surface area contributed by atoms with Gasteiger partial charge in [0.1, 0.15) is 5.82 Å². The van der Waals surface area contributed by atoms with E-state index in [-0.39, 0.29) is 11.8 Å². The van der Waals surface area contributed by atoms with Crippen LogP contribution in [-0.2, 0) is 10.9 Å². The van der Waals surface area contributed by atoms with Crippen molar-refractivity contribution in [3.63, 3.8) is 0 Å². The predicted octanol–water partition coefficient (Wildman–Crippen LogP) is 2.91. The van der Waals surface area contributed by atoms with Crippen LogP contribution in [-0.4, -0.2) is 35.3 Å². The minimum Gasteiger partial charge on any atom is -0.379 e. The smallest absolute Gasteiger partial charge is 0.379 e. The second-order valence-corrected chi connectivity index (χ2v) is 5.33. The summed E-state index contributed by atoms with van der Waals surface area (Å²) in [6.07, 6.45) is -2.83. The van der Waals surface area contributed by atoms with E-state index in [1.807, 2.05) is 6.92 Å². The van der Waals surface area contributed by atoms with E-state index in [0.717, 1.165) is 18.9 Å². The first-order valence-corrected chi connectivity index (χ1v) is 6.88. The van der Waals surface area contributed by atoms with Crippen molar-refractivity contribution >= 4 is 11.8 Å². The standard InChI is InChI=1S/C13H19F3N4O/c1-3-17-11-18-9(13(14,15)16)7-10(19-11)20-12(2)5-4-6-21-8-12/h7H,3-6,8H2,1-2H3,(H2,17,18,19,20). The van der Waals surface area contributed by atoms with Crippen molar-refractivity contribution in [2.24, 2.45) is 0 Å². The number of nitrogens with one attached hydrogen (secondary N) is 2. The summed E-state index contributed by atoms with van der Waals surface area (Å²) in [4.78, 5) is 7.58. The number of anilines is 2. The van der Waals surface area contributed by atoms with Gasteiger partial charge in [-0.15, -0.1) is 0 Å². The second kappa shape index (κ2) is 6.05. The van der Waals surface area contributed by atoms with Crippen molar-refractivity contribution in [1.29, 1.82) is 0 Å². The molecule has 0 aliphatic carbocycles. The molecule has 1 fully saturated rings. The highest BCUT2D eigenvalue weighted by Crippen LogP contribution is 2.31. The third kappa shape index (κ3) is 4.20. The van der Waals surface area contributed by atoms with E-state index >= 15 is 0 Å². The van der Waals surface area contributed by atoms with E-state index in [1.165, 1.54) is 0 Å². The van der Waals surface area contributed by atoms with Crippen molar-refractivity contribution in [2.45, 2.75) is 38.4 Å². The van der Waals surface area contributed by atoms with Gasteiger partial charge in [-0.1, -0.05) is 0 Å². The first kappa shape index (κ1) is 15.8. The summed E-state index contributed by atoms with van der Waals surface area (Å²) in [6.45, 7) is 5.25. The first-order chi connectivity index (χ1) is 9.82. The Morgan fingerprint density at radius 3 is 2.71 bits per heavy atom. The van der Waals surface area contributed by atoms with Crippen LogP contribution in [0.25, 0.3) is 0 Å². The van der Waals surface area contributed by atoms with E-state index in [0.29, 0.717) is 19.8 Å². The van der Waals surface area contributed by atoms with Gasteiger partial charge in [0, 0.05) is 19.2 Å². The SMILES string of the molecule is CCNc1nc(NC2(C)CCCOC2)cc(C(F)(F)F)n1. The van der Waals surface area contributed by atoms with Gasteiger partial charge in [-0.25, -0.2) is 4.98 Å². The van der Waals surface area contributed by atoms with Gasteiger partial charge in [-0.3, -0.25) is 0 Å². The highest BCUT2D eigenvalue weighted by atomic mass is 19.4. The summed E-state index contributed by atoms with van der Waals surface area (Å²) in [5, 5.41) is 5.77. The second-order valence-electron chi connectivity index (χ2n) is 5.33. The van der Waals surface area contributed by atoms with Crippen molar-refractivity contribution in [3.8, 4) is 0 Å². The lowest BCUT2D eigenvalue weighted by Gasteiger charge is -2.34. The molecule has 1 saturated heterocycles. The number of rotatable bonds is 4. The molecule has 2 N–H and O–H groups in total. The lowest BCUT2D eigenvalue weighted by Crippen LogP contribution is -2.43. The molecule has 1 aliphatic heterocycles. The highest BCUT2D eigenvalue weighted by molar-refractivity contribution is 5.45. The van der Waals surface area contributed by atoms with Crippen molar-refractivity contribution in [1.82, 2.24) is 9.97 Å². The van der Waals surface area contributed by atoms with Crippen LogP contribution in [0.2, 0.25) is 0 Å². The van der Waals surface area contributed by atoms with Gasteiger partial charge in [-0.05, 0) is 26.7 Å². The number of alkyl halides is 3. The van der Waals surface area contributed by atoms with Crippen LogP contribution >= 0.6 is 0 Å². The van der Waals surface area contributed by atoms with E-state index in [9.17, 15) is 13.2 Å². The van der Waals surface area contributed by atoms with E-state index in [1.54, 1.807) is 6.92 Å². The fourth-order valence-corrected chi connectivity index (χ4v) is 2.24. The van der Waals surface area contributed by atoms with Crippen molar-refractivity contribution in [3.05, 3.63) is 11.8 Å². The lowest BCUT2D eigenvalue weighted by molar-refractivity contribution is -0.141. The summed E-state index contributed by atoms with van der Waals surface area (Å²) in [7, 11) is 0. The quantitative estimate of drug-likeness (QED) is 0.895. The van der Waals surface area contributed by atoms with E-state index in [4.69, 9.17) is 4.74 Å². The zero-order valence-electron chi connectivity index (χ0n) is 12.0. The Hall–Kier alpha value is -1.57. The molecule has 1 atom stereocenters. The summed E-state index contributed by atoms with van der Waals surface area (Å²) >= 11 is 0. The summed E-state index contributed by atoms with van der Waals surface area (Å²) in [6, 6.07) is 0.931. The number of halogens is 3. The van der Waals surface area contributed by atoms with Crippen LogP contribution in [0.4, 0.5) is 24.9 Å². The Labute approximate surface area is 121 Å². The molecule has 0 amide bonds. The average Bonchev–Trinajstić information content (AvgIpc) is 2.38. The third-order valence-corrected chi connectivity index (χ3v) is 3.22. The van der Waals surface area contributed by atoms with Crippen LogP contribution in [0.15, 0.2) is 6.07 Å². The predicted molar refractivity (Wildman–Crippen MR) is 73.3 cm³/mol. The van der Waals surface area contributed by atoms with Gasteiger partial charge in [0.05, 0.1) is 12.1 Å². The van der Waals surface area contributed by atoms with E-state index in [2.05, 4.69) is 20.6 Å². The molecule has 1 aromatic rings. The molecule has 0 bridgehead atoms. The molecule has 1 aromatic heterocycles. The molecule has 0 spiro atoms. The third-order valence-electron chi connectivity index (χ3n) is 3.22. The molecule has 21 heavy (non-hydrogen) atoms. The van der Waals surface area contributed by atoms with Gasteiger partial charge < -0.3 is 15.4 Å². The maximum Gasteiger partial charge on any atom is 0.433 e. The molecule has 5 nitrogen and oxygen atoms in total. The molecule has 118 valence electrons. The molecule has 1 aliphatic rings. The monoisotopic (exact) mass is 304 g/mol. The van der Waals surface area contributed by atoms with E-state index < -0.39 is 17.4 Å². The topological polar surface area (TPSA) is 59.1 Å². The van der Waals surface area contributed by atoms with Crippen LogP contribution < -0.4 is 10.6 Å². The normalized spacial score (nSPS) is 22.9. The Balaban J connectivity index is 2.27. The molecule has 2 heterocycles. The number of nitrogens with zero attached hydrogens (tertiary/aromatic N) is 2.